The number of Topliss-reactive ketones (excluding diaryl/α,β-unsaturated/α-hetero) is 1. The predicted molar refractivity (Wildman–Crippen MR) is 75.0 cm³/mol. The van der Waals surface area contributed by atoms with Crippen molar-refractivity contribution >= 4 is 16.7 Å². The number of benzene rings is 1. The van der Waals surface area contributed by atoms with Gasteiger partial charge in [0.1, 0.15) is 11.5 Å². The molecule has 0 aliphatic carbocycles. The van der Waals surface area contributed by atoms with Gasteiger partial charge in [-0.25, -0.2) is 0 Å². The van der Waals surface area contributed by atoms with Gasteiger partial charge in [0.2, 0.25) is 0 Å². The van der Waals surface area contributed by atoms with E-state index in [0.29, 0.717) is 35.5 Å². The van der Waals surface area contributed by atoms with Crippen molar-refractivity contribution < 1.29 is 14.3 Å². The van der Waals surface area contributed by atoms with E-state index in [4.69, 9.17) is 9.47 Å². The highest BCUT2D eigenvalue weighted by atomic mass is 16.5. The van der Waals surface area contributed by atoms with E-state index in [1.807, 2.05) is 6.92 Å². The van der Waals surface area contributed by atoms with Crippen LogP contribution in [0.15, 0.2) is 16.9 Å². The second-order valence-corrected chi connectivity index (χ2v) is 4.87. The molecule has 0 spiro atoms. The van der Waals surface area contributed by atoms with Crippen LogP contribution in [0, 0.1) is 6.92 Å². The lowest BCUT2D eigenvalue weighted by Gasteiger charge is -2.23. The first-order valence-corrected chi connectivity index (χ1v) is 6.40. The Balaban J connectivity index is 2.62. The molecule has 0 radical (unpaired) electrons. The molecule has 1 aliphatic heterocycles. The maximum atomic E-state index is 12.2. The highest BCUT2D eigenvalue weighted by Crippen LogP contribution is 2.39. The average Bonchev–Trinajstić information content (AvgIpc) is 2.44. The third kappa shape index (κ3) is 1.56. The number of hydrogen-bond acceptors (Lipinski definition) is 4. The molecule has 0 fully saturated rings. The van der Waals surface area contributed by atoms with Gasteiger partial charge < -0.3 is 14.0 Å². The zero-order chi connectivity index (χ0) is 14.4. The molecule has 1 aromatic heterocycles. The highest BCUT2D eigenvalue weighted by molar-refractivity contribution is 6.12. The van der Waals surface area contributed by atoms with Gasteiger partial charge in [0.25, 0.3) is 5.56 Å². The number of aromatic nitrogens is 1. The standard InChI is InChI=1S/C15H15NO4/c1-8-6-12(18)16-5-4-9(17)14-11(20-3)7-10(19-2)13(8)15(14)16/h6-7H,4-5H2,1-3H3. The summed E-state index contributed by atoms with van der Waals surface area (Å²) in [7, 11) is 3.08. The summed E-state index contributed by atoms with van der Waals surface area (Å²) in [5.41, 5.74) is 1.81. The number of methoxy groups -OCH3 is 2. The SMILES string of the molecule is COc1cc(OC)c2c(C)cc(=O)n3c2c1C(=O)CC3. The number of aryl methyl sites for hydroxylation is 2. The average molecular weight is 273 g/mol. The first kappa shape index (κ1) is 12.7. The Kier molecular flexibility index (Phi) is 2.78. The Morgan fingerprint density at radius 1 is 1.10 bits per heavy atom. The molecule has 0 bridgehead atoms. The van der Waals surface area contributed by atoms with E-state index in [1.54, 1.807) is 23.8 Å². The van der Waals surface area contributed by atoms with Crippen molar-refractivity contribution in [2.75, 3.05) is 14.2 Å². The van der Waals surface area contributed by atoms with E-state index in [0.717, 1.165) is 10.9 Å². The molecule has 1 aromatic carbocycles. The number of carbonyl (C=O) groups excluding carboxylic acids is 1. The third-order valence-corrected chi connectivity index (χ3v) is 3.78. The van der Waals surface area contributed by atoms with Crippen LogP contribution in [0.2, 0.25) is 0 Å². The monoisotopic (exact) mass is 273 g/mol. The summed E-state index contributed by atoms with van der Waals surface area (Å²) in [6, 6.07) is 3.29. The molecule has 3 rings (SSSR count). The Hall–Kier alpha value is -2.30. The Morgan fingerprint density at radius 2 is 1.80 bits per heavy atom. The fourth-order valence-corrected chi connectivity index (χ4v) is 2.87. The Bertz CT molecular complexity index is 789. The van der Waals surface area contributed by atoms with E-state index in [9.17, 15) is 9.59 Å². The Morgan fingerprint density at radius 3 is 2.45 bits per heavy atom. The minimum atomic E-state index is -0.0981. The fraction of sp³-hybridized carbons (Fsp3) is 0.333. The largest absolute Gasteiger partial charge is 0.496 e. The summed E-state index contributed by atoms with van der Waals surface area (Å²) < 4.78 is 12.3. The zero-order valence-electron chi connectivity index (χ0n) is 11.6. The minimum absolute atomic E-state index is 0.000460. The molecule has 0 saturated carbocycles. The molecular weight excluding hydrogens is 258 g/mol. The number of carbonyl (C=O) groups is 1. The topological polar surface area (TPSA) is 57.5 Å². The van der Waals surface area contributed by atoms with Crippen molar-refractivity contribution in [1.29, 1.82) is 0 Å². The molecular formula is C15H15NO4. The van der Waals surface area contributed by atoms with Crippen molar-refractivity contribution in [2.45, 2.75) is 19.9 Å². The second-order valence-electron chi connectivity index (χ2n) is 4.87. The van der Waals surface area contributed by atoms with Gasteiger partial charge >= 0.3 is 0 Å². The summed E-state index contributed by atoms with van der Waals surface area (Å²) in [5, 5.41) is 0.802. The molecule has 2 heterocycles. The van der Waals surface area contributed by atoms with E-state index in [1.165, 1.54) is 7.11 Å². The van der Waals surface area contributed by atoms with Crippen molar-refractivity contribution in [3.63, 3.8) is 0 Å². The molecule has 1 aliphatic rings. The van der Waals surface area contributed by atoms with Gasteiger partial charge in [-0.3, -0.25) is 9.59 Å². The summed E-state index contributed by atoms with van der Waals surface area (Å²) in [4.78, 5) is 24.4. The van der Waals surface area contributed by atoms with Crippen molar-refractivity contribution in [2.24, 2.45) is 0 Å². The lowest BCUT2D eigenvalue weighted by atomic mass is 9.96. The van der Waals surface area contributed by atoms with E-state index in [-0.39, 0.29) is 11.3 Å². The maximum absolute atomic E-state index is 12.2. The number of rotatable bonds is 2. The van der Waals surface area contributed by atoms with Crippen LogP contribution in [0.4, 0.5) is 0 Å². The van der Waals surface area contributed by atoms with Crippen LogP contribution in [0.25, 0.3) is 10.9 Å². The number of pyridine rings is 1. The third-order valence-electron chi connectivity index (χ3n) is 3.78. The summed E-state index contributed by atoms with van der Waals surface area (Å²) in [6.07, 6.45) is 0.313. The van der Waals surface area contributed by atoms with E-state index in [2.05, 4.69) is 0 Å². The predicted octanol–water partition coefficient (Wildman–Crippen LogP) is 1.91. The second kappa shape index (κ2) is 4.37. The van der Waals surface area contributed by atoms with Crippen LogP contribution >= 0.6 is 0 Å². The quantitative estimate of drug-likeness (QED) is 0.838. The van der Waals surface area contributed by atoms with Crippen molar-refractivity contribution in [3.05, 3.63) is 33.6 Å². The van der Waals surface area contributed by atoms with Crippen molar-refractivity contribution in [1.82, 2.24) is 4.57 Å². The zero-order valence-corrected chi connectivity index (χ0v) is 11.6. The fourth-order valence-electron chi connectivity index (χ4n) is 2.87. The first-order chi connectivity index (χ1) is 9.58. The first-order valence-electron chi connectivity index (χ1n) is 6.40. The number of ketones is 1. The molecule has 0 amide bonds. The van der Waals surface area contributed by atoms with Gasteiger partial charge in [0, 0.05) is 30.5 Å². The summed E-state index contributed by atoms with van der Waals surface area (Å²) in [6.45, 7) is 2.25. The van der Waals surface area contributed by atoms with Crippen LogP contribution in [0.5, 0.6) is 11.5 Å². The van der Waals surface area contributed by atoms with Crippen LogP contribution in [-0.2, 0) is 6.54 Å². The molecule has 2 aromatic rings. The number of hydrogen-bond donors (Lipinski definition) is 0. The molecule has 5 nitrogen and oxygen atoms in total. The van der Waals surface area contributed by atoms with Crippen LogP contribution in [-0.4, -0.2) is 24.6 Å². The van der Waals surface area contributed by atoms with Crippen LogP contribution in [0.1, 0.15) is 22.3 Å². The van der Waals surface area contributed by atoms with Gasteiger partial charge in [0.15, 0.2) is 5.78 Å². The molecule has 0 unspecified atom stereocenters. The summed E-state index contributed by atoms with van der Waals surface area (Å²) >= 11 is 0. The molecule has 0 saturated heterocycles. The maximum Gasteiger partial charge on any atom is 0.251 e. The van der Waals surface area contributed by atoms with Gasteiger partial charge in [-0.1, -0.05) is 0 Å². The van der Waals surface area contributed by atoms with Gasteiger partial charge in [0.05, 0.1) is 25.3 Å². The van der Waals surface area contributed by atoms with E-state index >= 15 is 0 Å². The number of nitrogens with zero attached hydrogens (tertiary/aromatic N) is 1. The smallest absolute Gasteiger partial charge is 0.251 e. The normalized spacial score (nSPS) is 13.7. The lowest BCUT2D eigenvalue weighted by Crippen LogP contribution is -2.27. The van der Waals surface area contributed by atoms with Gasteiger partial charge in [-0.15, -0.1) is 0 Å². The number of ether oxygens (including phenoxy) is 2. The lowest BCUT2D eigenvalue weighted by molar-refractivity contribution is 0.0969. The minimum Gasteiger partial charge on any atom is -0.496 e. The Labute approximate surface area is 115 Å². The molecule has 0 atom stereocenters. The van der Waals surface area contributed by atoms with Gasteiger partial charge in [-0.05, 0) is 12.5 Å². The molecule has 20 heavy (non-hydrogen) atoms. The van der Waals surface area contributed by atoms with Crippen LogP contribution in [0.3, 0.4) is 0 Å². The molecule has 104 valence electrons. The van der Waals surface area contributed by atoms with Gasteiger partial charge in [-0.2, -0.15) is 0 Å². The highest BCUT2D eigenvalue weighted by Gasteiger charge is 2.27. The molecule has 0 N–H and O–H groups in total. The van der Waals surface area contributed by atoms with E-state index < -0.39 is 0 Å². The van der Waals surface area contributed by atoms with Crippen LogP contribution < -0.4 is 15.0 Å². The van der Waals surface area contributed by atoms with Crippen molar-refractivity contribution in [3.8, 4) is 11.5 Å². The summed E-state index contributed by atoms with van der Waals surface area (Å²) in [5.74, 6) is 1.07. The molecule has 5 heteroatoms.